The molecule has 0 fully saturated rings. The van der Waals surface area contributed by atoms with Crippen LogP contribution >= 0.6 is 0 Å². The number of aliphatic hydroxyl groups excluding tert-OH is 1. The molecule has 0 aliphatic rings. The van der Waals surface area contributed by atoms with Crippen LogP contribution in [0.15, 0.2) is 24.3 Å². The van der Waals surface area contributed by atoms with E-state index < -0.39 is 16.0 Å². The van der Waals surface area contributed by atoms with Crippen LogP contribution in [-0.2, 0) is 10.2 Å². The molecular formula is C10H15FN2O3S. The van der Waals surface area contributed by atoms with Crippen molar-refractivity contribution in [3.05, 3.63) is 30.1 Å². The lowest BCUT2D eigenvalue weighted by molar-refractivity contribution is 0.276. The van der Waals surface area contributed by atoms with Crippen molar-refractivity contribution in [2.24, 2.45) is 0 Å². The number of aliphatic hydroxyl groups is 1. The Kier molecular flexibility index (Phi) is 4.86. The van der Waals surface area contributed by atoms with Crippen molar-refractivity contribution in [1.29, 1.82) is 0 Å². The maximum atomic E-state index is 13.2. The maximum absolute atomic E-state index is 13.2. The highest BCUT2D eigenvalue weighted by Gasteiger charge is 2.18. The third-order valence-electron chi connectivity index (χ3n) is 2.15. The summed E-state index contributed by atoms with van der Waals surface area (Å²) in [6.07, 6.45) is 0.328. The molecule has 0 atom stereocenters. The molecule has 0 saturated heterocycles. The third kappa shape index (κ3) is 3.95. The number of hydrogen-bond acceptors (Lipinski definition) is 3. The number of benzene rings is 1. The van der Waals surface area contributed by atoms with Gasteiger partial charge in [0.25, 0.3) is 0 Å². The van der Waals surface area contributed by atoms with Gasteiger partial charge in [-0.25, -0.2) is 4.39 Å². The summed E-state index contributed by atoms with van der Waals surface area (Å²) in [5.74, 6) is -0.633. The van der Waals surface area contributed by atoms with Gasteiger partial charge in [0.15, 0.2) is 0 Å². The van der Waals surface area contributed by atoms with Crippen molar-refractivity contribution in [3.8, 4) is 0 Å². The predicted octanol–water partition coefficient (Wildman–Crippen LogP) is 0.797. The van der Waals surface area contributed by atoms with Crippen molar-refractivity contribution in [2.45, 2.75) is 6.42 Å². The Balaban J connectivity index is 2.76. The van der Waals surface area contributed by atoms with Crippen LogP contribution in [0.2, 0.25) is 0 Å². The summed E-state index contributed by atoms with van der Waals surface area (Å²) in [4.78, 5) is 0. The second kappa shape index (κ2) is 5.95. The minimum absolute atomic E-state index is 0.0941. The van der Waals surface area contributed by atoms with Crippen molar-refractivity contribution in [3.63, 3.8) is 0 Å². The van der Waals surface area contributed by atoms with E-state index in [1.807, 2.05) is 0 Å². The molecule has 0 amide bonds. The fourth-order valence-corrected chi connectivity index (χ4v) is 2.14. The van der Waals surface area contributed by atoms with E-state index in [0.29, 0.717) is 6.42 Å². The first-order valence-electron chi connectivity index (χ1n) is 5.07. The van der Waals surface area contributed by atoms with E-state index in [-0.39, 0.29) is 18.8 Å². The zero-order valence-corrected chi connectivity index (χ0v) is 10.2. The second-order valence-electron chi connectivity index (χ2n) is 3.49. The summed E-state index contributed by atoms with van der Waals surface area (Å²) in [6, 6.07) is 5.52. The smallest absolute Gasteiger partial charge is 0.301 e. The highest BCUT2D eigenvalue weighted by molar-refractivity contribution is 7.90. The molecule has 17 heavy (non-hydrogen) atoms. The molecule has 0 unspecified atom stereocenters. The van der Waals surface area contributed by atoms with Crippen LogP contribution in [0.5, 0.6) is 0 Å². The molecule has 0 heterocycles. The number of hydrogen-bond donors (Lipinski definition) is 2. The van der Waals surface area contributed by atoms with E-state index in [2.05, 4.69) is 4.72 Å². The lowest BCUT2D eigenvalue weighted by Crippen LogP contribution is -2.33. The van der Waals surface area contributed by atoms with Gasteiger partial charge in [0.05, 0.1) is 5.69 Å². The van der Waals surface area contributed by atoms with Gasteiger partial charge in [-0.1, -0.05) is 12.1 Å². The quantitative estimate of drug-likeness (QED) is 0.796. The minimum Gasteiger partial charge on any atom is -0.396 e. The largest absolute Gasteiger partial charge is 0.396 e. The molecule has 2 N–H and O–H groups in total. The van der Waals surface area contributed by atoms with E-state index in [1.54, 1.807) is 0 Å². The molecule has 5 nitrogen and oxygen atoms in total. The maximum Gasteiger partial charge on any atom is 0.301 e. The van der Waals surface area contributed by atoms with E-state index >= 15 is 0 Å². The van der Waals surface area contributed by atoms with Gasteiger partial charge < -0.3 is 5.11 Å². The zero-order valence-electron chi connectivity index (χ0n) is 9.43. The molecule has 0 aromatic heterocycles. The van der Waals surface area contributed by atoms with E-state index in [1.165, 1.54) is 31.3 Å². The molecule has 1 aromatic rings. The number of rotatable bonds is 6. The highest BCUT2D eigenvalue weighted by atomic mass is 32.2. The van der Waals surface area contributed by atoms with Gasteiger partial charge >= 0.3 is 10.2 Å². The van der Waals surface area contributed by atoms with Crippen LogP contribution in [0, 0.1) is 5.82 Å². The standard InChI is InChI=1S/C10H15FN2O3S/c1-13(7-4-8-14)17(15,16)12-10-6-3-2-5-9(10)11/h2-3,5-6,12,14H,4,7-8H2,1H3. The number of para-hydroxylation sites is 1. The first-order chi connectivity index (χ1) is 7.97. The Hall–Kier alpha value is -1.18. The zero-order chi connectivity index (χ0) is 12.9. The molecule has 1 aromatic carbocycles. The molecule has 7 heteroatoms. The summed E-state index contributed by atoms with van der Waals surface area (Å²) in [5, 5.41) is 8.61. The van der Waals surface area contributed by atoms with E-state index in [9.17, 15) is 12.8 Å². The monoisotopic (exact) mass is 262 g/mol. The molecule has 0 aliphatic carbocycles. The first kappa shape index (κ1) is 13.9. The minimum atomic E-state index is -3.78. The number of nitrogens with one attached hydrogen (secondary N) is 1. The fourth-order valence-electron chi connectivity index (χ4n) is 1.17. The summed E-state index contributed by atoms with van der Waals surface area (Å²) in [5.41, 5.74) is -0.0941. The van der Waals surface area contributed by atoms with Gasteiger partial charge in [-0.3, -0.25) is 4.72 Å². The molecule has 0 aliphatic heterocycles. The van der Waals surface area contributed by atoms with Gasteiger partial charge in [0.1, 0.15) is 5.82 Å². The topological polar surface area (TPSA) is 69.6 Å². The van der Waals surface area contributed by atoms with Crippen LogP contribution in [0.1, 0.15) is 6.42 Å². The van der Waals surface area contributed by atoms with Gasteiger partial charge in [-0.05, 0) is 18.6 Å². The average molecular weight is 262 g/mol. The first-order valence-corrected chi connectivity index (χ1v) is 6.51. The second-order valence-corrected chi connectivity index (χ2v) is 5.26. The molecule has 0 spiro atoms. The van der Waals surface area contributed by atoms with E-state index in [4.69, 9.17) is 5.11 Å². The number of anilines is 1. The van der Waals surface area contributed by atoms with Crippen LogP contribution < -0.4 is 4.72 Å². The van der Waals surface area contributed by atoms with Crippen molar-refractivity contribution in [1.82, 2.24) is 4.31 Å². The van der Waals surface area contributed by atoms with Gasteiger partial charge in [-0.15, -0.1) is 0 Å². The Morgan fingerprint density at radius 1 is 1.41 bits per heavy atom. The lowest BCUT2D eigenvalue weighted by Gasteiger charge is -2.17. The molecular weight excluding hydrogens is 247 g/mol. The van der Waals surface area contributed by atoms with Crippen molar-refractivity contribution >= 4 is 15.9 Å². The molecule has 1 rings (SSSR count). The fraction of sp³-hybridized carbons (Fsp3) is 0.400. The predicted molar refractivity (Wildman–Crippen MR) is 63.3 cm³/mol. The molecule has 0 bridgehead atoms. The van der Waals surface area contributed by atoms with Gasteiger partial charge in [0.2, 0.25) is 0 Å². The Morgan fingerprint density at radius 2 is 2.06 bits per heavy atom. The Morgan fingerprint density at radius 3 is 2.65 bits per heavy atom. The van der Waals surface area contributed by atoms with E-state index in [0.717, 1.165) is 4.31 Å². The summed E-state index contributed by atoms with van der Waals surface area (Å²) < 4.78 is 39.9. The Labute approximate surface area is 100 Å². The SMILES string of the molecule is CN(CCCO)S(=O)(=O)Nc1ccccc1F. The lowest BCUT2D eigenvalue weighted by atomic mass is 10.3. The summed E-state index contributed by atoms with van der Waals surface area (Å²) >= 11 is 0. The van der Waals surface area contributed by atoms with Crippen LogP contribution in [-0.4, -0.2) is 38.0 Å². The number of nitrogens with zero attached hydrogens (tertiary/aromatic N) is 1. The van der Waals surface area contributed by atoms with Crippen LogP contribution in [0.3, 0.4) is 0 Å². The highest BCUT2D eigenvalue weighted by Crippen LogP contribution is 2.15. The van der Waals surface area contributed by atoms with Crippen molar-refractivity contribution in [2.75, 3.05) is 24.9 Å². The van der Waals surface area contributed by atoms with Gasteiger partial charge in [-0.2, -0.15) is 12.7 Å². The molecule has 0 saturated carbocycles. The van der Waals surface area contributed by atoms with Crippen molar-refractivity contribution < 1.29 is 17.9 Å². The van der Waals surface area contributed by atoms with Crippen LogP contribution in [0.4, 0.5) is 10.1 Å². The van der Waals surface area contributed by atoms with Crippen LogP contribution in [0.25, 0.3) is 0 Å². The number of halogens is 1. The summed E-state index contributed by atoms with van der Waals surface area (Å²) in [7, 11) is -2.42. The Bertz CT molecular complexity index is 464. The van der Waals surface area contributed by atoms with Gasteiger partial charge in [0, 0.05) is 20.2 Å². The normalized spacial score (nSPS) is 11.8. The third-order valence-corrected chi connectivity index (χ3v) is 3.64. The molecule has 96 valence electrons. The molecule has 0 radical (unpaired) electrons. The summed E-state index contributed by atoms with van der Waals surface area (Å²) in [6.45, 7) is 0.0693. The average Bonchev–Trinajstić information content (AvgIpc) is 2.28.